The van der Waals surface area contributed by atoms with Crippen LogP contribution in [0.5, 0.6) is 5.75 Å². The molecule has 0 radical (unpaired) electrons. The number of rotatable bonds is 4. The van der Waals surface area contributed by atoms with E-state index in [0.717, 1.165) is 11.7 Å². The van der Waals surface area contributed by atoms with Crippen LogP contribution in [0.3, 0.4) is 0 Å². The van der Waals surface area contributed by atoms with Crippen molar-refractivity contribution in [1.29, 1.82) is 0 Å². The normalized spacial score (nSPS) is 16.8. The topological polar surface area (TPSA) is 69.4 Å². The molecule has 0 saturated carbocycles. The summed E-state index contributed by atoms with van der Waals surface area (Å²) in [5, 5.41) is 3.48. The van der Waals surface area contributed by atoms with Crippen LogP contribution >= 0.6 is 0 Å². The number of halogens is 3. The van der Waals surface area contributed by atoms with Gasteiger partial charge in [-0.1, -0.05) is 18.2 Å². The molecule has 1 aromatic heterocycles. The van der Waals surface area contributed by atoms with Crippen molar-refractivity contribution in [2.75, 3.05) is 13.1 Å². The van der Waals surface area contributed by atoms with Crippen LogP contribution < -0.4 is 10.4 Å². The number of carbonyl (C=O) groups excluding carboxylic acids is 1. The molecule has 28 heavy (non-hydrogen) atoms. The Balaban J connectivity index is 1.63. The van der Waals surface area contributed by atoms with E-state index in [1.807, 2.05) is 6.07 Å². The summed E-state index contributed by atoms with van der Waals surface area (Å²) in [5.41, 5.74) is -0.808. The van der Waals surface area contributed by atoms with Crippen molar-refractivity contribution in [3.8, 4) is 5.75 Å². The first-order chi connectivity index (χ1) is 13.2. The number of carbonyl (C=O) groups is 1. The minimum absolute atomic E-state index is 0.202. The lowest BCUT2D eigenvalue weighted by atomic mass is 10.0. The molecule has 0 spiro atoms. The summed E-state index contributed by atoms with van der Waals surface area (Å²) in [4.78, 5) is 26.3. The Hall–Kier alpha value is -2.78. The van der Waals surface area contributed by atoms with Gasteiger partial charge in [-0.15, -0.1) is 5.10 Å². The number of likely N-dealkylation sites (tertiary alicyclic amines) is 1. The van der Waals surface area contributed by atoms with E-state index in [2.05, 4.69) is 5.10 Å². The van der Waals surface area contributed by atoms with Crippen LogP contribution in [0.15, 0.2) is 35.1 Å². The summed E-state index contributed by atoms with van der Waals surface area (Å²) in [6.45, 7) is 2.28. The third-order valence-electron chi connectivity index (χ3n) is 4.78. The van der Waals surface area contributed by atoms with E-state index in [0.29, 0.717) is 36.2 Å². The number of benzene rings is 1. The van der Waals surface area contributed by atoms with Gasteiger partial charge in [0.1, 0.15) is 5.75 Å². The van der Waals surface area contributed by atoms with Crippen LogP contribution in [-0.2, 0) is 18.0 Å². The number of alkyl halides is 3. The van der Waals surface area contributed by atoms with Crippen LogP contribution in [0.1, 0.15) is 31.6 Å². The van der Waals surface area contributed by atoms with E-state index >= 15 is 0 Å². The van der Waals surface area contributed by atoms with Crippen LogP contribution in [0.2, 0.25) is 0 Å². The standard InChI is InChI=1S/C18H21F3N4O3/c1-12(28-14-6-4-3-5-7-14)15(26)24-10-8-13(9-11-24)25-17(27)23(2)16(22-25)18(19,20)21/h3-7,12-13H,8-11H2,1-2H3. The quantitative estimate of drug-likeness (QED) is 0.792. The molecule has 1 saturated heterocycles. The average Bonchev–Trinajstić information content (AvgIpc) is 2.97. The maximum Gasteiger partial charge on any atom is 0.451 e. The second-order valence-corrected chi connectivity index (χ2v) is 6.74. The van der Waals surface area contributed by atoms with Gasteiger partial charge in [0.2, 0.25) is 5.82 Å². The Labute approximate surface area is 159 Å². The van der Waals surface area contributed by atoms with Gasteiger partial charge in [0, 0.05) is 20.1 Å². The van der Waals surface area contributed by atoms with Crippen molar-refractivity contribution in [2.45, 2.75) is 38.1 Å². The summed E-state index contributed by atoms with van der Waals surface area (Å²) in [7, 11) is 1.05. The number of para-hydroxylation sites is 1. The van der Waals surface area contributed by atoms with Crippen molar-refractivity contribution in [2.24, 2.45) is 7.05 Å². The molecule has 7 nitrogen and oxygen atoms in total. The molecule has 10 heteroatoms. The van der Waals surface area contributed by atoms with Gasteiger partial charge >= 0.3 is 11.9 Å². The largest absolute Gasteiger partial charge is 0.481 e. The molecule has 1 aliphatic heterocycles. The molecular formula is C18H21F3N4O3. The second kappa shape index (κ2) is 7.69. The number of ether oxygens (including phenoxy) is 1. The fourth-order valence-electron chi connectivity index (χ4n) is 3.28. The first-order valence-corrected chi connectivity index (χ1v) is 8.91. The summed E-state index contributed by atoms with van der Waals surface area (Å²) in [6.07, 6.45) is -4.69. The summed E-state index contributed by atoms with van der Waals surface area (Å²) >= 11 is 0. The zero-order valence-electron chi connectivity index (χ0n) is 15.5. The SMILES string of the molecule is CC(Oc1ccccc1)C(=O)N1CCC(n2nc(C(F)(F)F)n(C)c2=O)CC1. The third kappa shape index (κ3) is 4.05. The predicted octanol–water partition coefficient (Wildman–Crippen LogP) is 2.23. The lowest BCUT2D eigenvalue weighted by Gasteiger charge is -2.33. The van der Waals surface area contributed by atoms with Crippen molar-refractivity contribution >= 4 is 5.91 Å². The van der Waals surface area contributed by atoms with Crippen molar-refractivity contribution < 1.29 is 22.7 Å². The van der Waals surface area contributed by atoms with E-state index in [4.69, 9.17) is 4.74 Å². The van der Waals surface area contributed by atoms with E-state index in [1.165, 1.54) is 0 Å². The molecule has 1 amide bonds. The van der Waals surface area contributed by atoms with Crippen LogP contribution in [0.4, 0.5) is 13.2 Å². The molecule has 1 unspecified atom stereocenters. The Morgan fingerprint density at radius 3 is 2.36 bits per heavy atom. The average molecular weight is 398 g/mol. The van der Waals surface area contributed by atoms with Crippen molar-refractivity contribution in [1.82, 2.24) is 19.2 Å². The maximum absolute atomic E-state index is 12.9. The van der Waals surface area contributed by atoms with Crippen LogP contribution in [0, 0.1) is 0 Å². The number of hydrogen-bond donors (Lipinski definition) is 0. The maximum atomic E-state index is 12.9. The van der Waals surface area contributed by atoms with Gasteiger partial charge in [-0.3, -0.25) is 9.36 Å². The molecule has 2 heterocycles. The second-order valence-electron chi connectivity index (χ2n) is 6.74. The third-order valence-corrected chi connectivity index (χ3v) is 4.78. The fraction of sp³-hybridized carbons (Fsp3) is 0.500. The molecule has 152 valence electrons. The van der Waals surface area contributed by atoms with E-state index in [9.17, 15) is 22.8 Å². The van der Waals surface area contributed by atoms with Gasteiger partial charge in [-0.2, -0.15) is 13.2 Å². The van der Waals surface area contributed by atoms with Gasteiger partial charge in [0.25, 0.3) is 5.91 Å². The number of nitrogens with zero attached hydrogens (tertiary/aromatic N) is 4. The Morgan fingerprint density at radius 2 is 1.82 bits per heavy atom. The van der Waals surface area contributed by atoms with Crippen LogP contribution in [0.25, 0.3) is 0 Å². The first kappa shape index (κ1) is 20.0. The van der Waals surface area contributed by atoms with E-state index in [1.54, 1.807) is 36.1 Å². The highest BCUT2D eigenvalue weighted by atomic mass is 19.4. The van der Waals surface area contributed by atoms with Gasteiger partial charge in [-0.05, 0) is 31.9 Å². The summed E-state index contributed by atoms with van der Waals surface area (Å²) in [5.74, 6) is -0.842. The molecule has 3 rings (SSSR count). The number of aromatic nitrogens is 3. The van der Waals surface area contributed by atoms with E-state index < -0.39 is 29.8 Å². The molecule has 0 N–H and O–H groups in total. The van der Waals surface area contributed by atoms with Crippen molar-refractivity contribution in [3.63, 3.8) is 0 Å². The van der Waals surface area contributed by atoms with Crippen LogP contribution in [-0.4, -0.2) is 44.3 Å². The molecule has 1 aromatic carbocycles. The van der Waals surface area contributed by atoms with E-state index in [-0.39, 0.29) is 5.91 Å². The molecular weight excluding hydrogens is 377 g/mol. The molecule has 1 atom stereocenters. The lowest BCUT2D eigenvalue weighted by molar-refractivity contribution is -0.147. The highest BCUT2D eigenvalue weighted by molar-refractivity contribution is 5.81. The monoisotopic (exact) mass is 398 g/mol. The van der Waals surface area contributed by atoms with Gasteiger partial charge in [0.15, 0.2) is 6.10 Å². The fourth-order valence-corrected chi connectivity index (χ4v) is 3.28. The minimum Gasteiger partial charge on any atom is -0.481 e. The molecule has 1 fully saturated rings. The lowest BCUT2D eigenvalue weighted by Crippen LogP contribution is -2.46. The highest BCUT2D eigenvalue weighted by Gasteiger charge is 2.39. The number of hydrogen-bond acceptors (Lipinski definition) is 4. The zero-order chi connectivity index (χ0) is 20.5. The van der Waals surface area contributed by atoms with Gasteiger partial charge < -0.3 is 9.64 Å². The molecule has 1 aliphatic rings. The smallest absolute Gasteiger partial charge is 0.451 e. The summed E-state index contributed by atoms with van der Waals surface area (Å²) < 4.78 is 45.8. The Kier molecular flexibility index (Phi) is 5.48. The predicted molar refractivity (Wildman–Crippen MR) is 93.9 cm³/mol. The first-order valence-electron chi connectivity index (χ1n) is 8.91. The molecule has 2 aromatic rings. The summed E-state index contributed by atoms with van der Waals surface area (Å²) in [6, 6.07) is 8.47. The Bertz CT molecular complexity index is 884. The minimum atomic E-state index is -4.69. The molecule has 0 bridgehead atoms. The van der Waals surface area contributed by atoms with Gasteiger partial charge in [-0.25, -0.2) is 9.48 Å². The highest BCUT2D eigenvalue weighted by Crippen LogP contribution is 2.28. The zero-order valence-corrected chi connectivity index (χ0v) is 15.5. The number of amides is 1. The number of piperidine rings is 1. The van der Waals surface area contributed by atoms with Gasteiger partial charge in [0.05, 0.1) is 6.04 Å². The Morgan fingerprint density at radius 1 is 1.21 bits per heavy atom. The molecule has 0 aliphatic carbocycles. The van der Waals surface area contributed by atoms with Crippen molar-refractivity contribution in [3.05, 3.63) is 46.6 Å².